The highest BCUT2D eigenvalue weighted by atomic mass is 16.5. The van der Waals surface area contributed by atoms with Crippen molar-refractivity contribution in [1.82, 2.24) is 0 Å². The zero-order valence-electron chi connectivity index (χ0n) is 6.58. The third kappa shape index (κ3) is 1.37. The van der Waals surface area contributed by atoms with Gasteiger partial charge in [-0.2, -0.15) is 0 Å². The van der Waals surface area contributed by atoms with Crippen molar-refractivity contribution >= 4 is 0 Å². The molecule has 1 unspecified atom stereocenters. The molecule has 0 heterocycles. The lowest BCUT2D eigenvalue weighted by atomic mass is 10.1. The molecule has 1 aliphatic carbocycles. The van der Waals surface area contributed by atoms with E-state index in [2.05, 4.69) is 18.6 Å². The maximum absolute atomic E-state index is 5.12. The van der Waals surface area contributed by atoms with E-state index in [-0.39, 0.29) is 0 Å². The third-order valence-electron chi connectivity index (χ3n) is 1.99. The van der Waals surface area contributed by atoms with E-state index in [1.165, 1.54) is 12.0 Å². The second kappa shape index (κ2) is 2.57. The van der Waals surface area contributed by atoms with Crippen LogP contribution in [0, 0.1) is 6.42 Å². The summed E-state index contributed by atoms with van der Waals surface area (Å²) in [6.45, 7) is 0. The van der Waals surface area contributed by atoms with Crippen molar-refractivity contribution in [3.8, 4) is 5.75 Å². The molecule has 0 amide bonds. The molecule has 1 heteroatoms. The van der Waals surface area contributed by atoms with Crippen molar-refractivity contribution in [2.75, 3.05) is 7.11 Å². The molecule has 1 radical (unpaired) electrons. The molecule has 1 nitrogen and oxygen atoms in total. The Morgan fingerprint density at radius 2 is 2.27 bits per heavy atom. The average Bonchev–Trinajstić information content (AvgIpc) is 2.87. The van der Waals surface area contributed by atoms with Crippen LogP contribution in [0.3, 0.4) is 0 Å². The molecule has 11 heavy (non-hydrogen) atoms. The Morgan fingerprint density at radius 1 is 1.45 bits per heavy atom. The Hall–Kier alpha value is -0.980. The van der Waals surface area contributed by atoms with E-state index < -0.39 is 0 Å². The van der Waals surface area contributed by atoms with Crippen molar-refractivity contribution in [2.45, 2.75) is 12.3 Å². The molecule has 1 saturated carbocycles. The van der Waals surface area contributed by atoms with E-state index in [9.17, 15) is 0 Å². The van der Waals surface area contributed by atoms with Crippen LogP contribution < -0.4 is 4.74 Å². The predicted octanol–water partition coefficient (Wildman–Crippen LogP) is 2.39. The summed E-state index contributed by atoms with van der Waals surface area (Å²) in [4.78, 5) is 0. The van der Waals surface area contributed by atoms with Crippen LogP contribution >= 0.6 is 0 Å². The highest BCUT2D eigenvalue weighted by molar-refractivity contribution is 5.35. The van der Waals surface area contributed by atoms with Gasteiger partial charge in [0.25, 0.3) is 0 Å². The molecule has 2 rings (SSSR count). The first-order chi connectivity index (χ1) is 5.40. The molecule has 0 aliphatic heterocycles. The summed E-state index contributed by atoms with van der Waals surface area (Å²) < 4.78 is 5.12. The summed E-state index contributed by atoms with van der Waals surface area (Å²) in [6.07, 6.45) is 3.53. The van der Waals surface area contributed by atoms with Crippen molar-refractivity contribution < 1.29 is 4.74 Å². The normalized spacial score (nSPS) is 16.5. The average molecular weight is 147 g/mol. The fourth-order valence-electron chi connectivity index (χ4n) is 1.21. The van der Waals surface area contributed by atoms with Crippen molar-refractivity contribution in [2.24, 2.45) is 0 Å². The number of rotatable bonds is 2. The van der Waals surface area contributed by atoms with E-state index in [0.717, 1.165) is 5.75 Å². The quantitative estimate of drug-likeness (QED) is 0.624. The predicted molar refractivity (Wildman–Crippen MR) is 44.7 cm³/mol. The monoisotopic (exact) mass is 147 g/mol. The SMILES string of the molecule is COc1cccc(C2[CH]C2)c1. The van der Waals surface area contributed by atoms with Gasteiger partial charge in [-0.05, 0) is 36.5 Å². The van der Waals surface area contributed by atoms with Gasteiger partial charge in [-0.3, -0.25) is 0 Å². The van der Waals surface area contributed by atoms with Gasteiger partial charge in [-0.25, -0.2) is 0 Å². The Bertz CT molecular complexity index is 251. The Morgan fingerprint density at radius 3 is 2.91 bits per heavy atom. The van der Waals surface area contributed by atoms with E-state index in [4.69, 9.17) is 4.74 Å². The van der Waals surface area contributed by atoms with Gasteiger partial charge < -0.3 is 4.74 Å². The number of hydrogen-bond donors (Lipinski definition) is 0. The molecule has 1 atom stereocenters. The van der Waals surface area contributed by atoms with E-state index in [0.29, 0.717) is 5.92 Å². The van der Waals surface area contributed by atoms with Gasteiger partial charge in [0.15, 0.2) is 0 Å². The number of benzene rings is 1. The standard InChI is InChI=1S/C10H11O/c1-11-10-4-2-3-9(7-10)8-5-6-8/h2-5,7-8H,6H2,1H3. The summed E-state index contributed by atoms with van der Waals surface area (Å²) in [7, 11) is 1.70. The van der Waals surface area contributed by atoms with Gasteiger partial charge in [0.2, 0.25) is 0 Å². The number of methoxy groups -OCH3 is 1. The molecule has 1 aliphatic rings. The minimum Gasteiger partial charge on any atom is -0.497 e. The molecule has 0 aromatic heterocycles. The second-order valence-electron chi connectivity index (χ2n) is 2.85. The van der Waals surface area contributed by atoms with Crippen LogP contribution in [0.1, 0.15) is 17.9 Å². The Kier molecular flexibility index (Phi) is 1.57. The topological polar surface area (TPSA) is 9.23 Å². The Labute approximate surface area is 67.0 Å². The molecular weight excluding hydrogens is 136 g/mol. The van der Waals surface area contributed by atoms with Gasteiger partial charge in [-0.15, -0.1) is 0 Å². The van der Waals surface area contributed by atoms with Crippen molar-refractivity contribution in [1.29, 1.82) is 0 Å². The first kappa shape index (κ1) is 6.71. The maximum Gasteiger partial charge on any atom is 0.119 e. The zero-order chi connectivity index (χ0) is 7.68. The van der Waals surface area contributed by atoms with Crippen LogP contribution in [-0.2, 0) is 0 Å². The van der Waals surface area contributed by atoms with E-state index in [1.54, 1.807) is 7.11 Å². The minimum absolute atomic E-state index is 0.699. The second-order valence-corrected chi connectivity index (χ2v) is 2.85. The molecule has 0 saturated heterocycles. The minimum atomic E-state index is 0.699. The van der Waals surface area contributed by atoms with Crippen molar-refractivity contribution in [3.63, 3.8) is 0 Å². The summed E-state index contributed by atoms with van der Waals surface area (Å²) in [5.41, 5.74) is 1.38. The van der Waals surface area contributed by atoms with E-state index in [1.807, 2.05) is 12.1 Å². The fourth-order valence-corrected chi connectivity index (χ4v) is 1.21. The maximum atomic E-state index is 5.12. The summed E-state index contributed by atoms with van der Waals surface area (Å²) >= 11 is 0. The highest BCUT2D eigenvalue weighted by Crippen LogP contribution is 2.39. The van der Waals surface area contributed by atoms with Gasteiger partial charge in [-0.1, -0.05) is 12.1 Å². The van der Waals surface area contributed by atoms with Gasteiger partial charge in [0.05, 0.1) is 7.11 Å². The smallest absolute Gasteiger partial charge is 0.119 e. The van der Waals surface area contributed by atoms with E-state index >= 15 is 0 Å². The Balaban J connectivity index is 2.26. The molecule has 1 fully saturated rings. The molecule has 1 aromatic carbocycles. The first-order valence-electron chi connectivity index (χ1n) is 3.87. The molecular formula is C10H11O. The van der Waals surface area contributed by atoms with Gasteiger partial charge in [0, 0.05) is 0 Å². The highest BCUT2D eigenvalue weighted by Gasteiger charge is 2.23. The third-order valence-corrected chi connectivity index (χ3v) is 1.99. The van der Waals surface area contributed by atoms with Crippen LogP contribution in [0.25, 0.3) is 0 Å². The lowest BCUT2D eigenvalue weighted by Gasteiger charge is -2.01. The van der Waals surface area contributed by atoms with Crippen LogP contribution in [0.2, 0.25) is 0 Å². The molecule has 0 spiro atoms. The first-order valence-corrected chi connectivity index (χ1v) is 3.87. The van der Waals surface area contributed by atoms with Crippen molar-refractivity contribution in [3.05, 3.63) is 36.2 Å². The summed E-state index contributed by atoms with van der Waals surface area (Å²) in [6, 6.07) is 8.27. The van der Waals surface area contributed by atoms with Gasteiger partial charge >= 0.3 is 0 Å². The van der Waals surface area contributed by atoms with Crippen LogP contribution in [0.15, 0.2) is 24.3 Å². The largest absolute Gasteiger partial charge is 0.497 e. The molecule has 0 N–H and O–H groups in total. The van der Waals surface area contributed by atoms with Crippen LogP contribution in [-0.4, -0.2) is 7.11 Å². The fraction of sp³-hybridized carbons (Fsp3) is 0.300. The lowest BCUT2D eigenvalue weighted by Crippen LogP contribution is -1.84. The zero-order valence-corrected chi connectivity index (χ0v) is 6.58. The van der Waals surface area contributed by atoms with Gasteiger partial charge in [0.1, 0.15) is 5.75 Å². The molecule has 1 aromatic rings. The number of hydrogen-bond acceptors (Lipinski definition) is 1. The van der Waals surface area contributed by atoms with Crippen LogP contribution in [0.4, 0.5) is 0 Å². The summed E-state index contributed by atoms with van der Waals surface area (Å²) in [5, 5.41) is 0. The summed E-state index contributed by atoms with van der Waals surface area (Å²) in [5.74, 6) is 1.66. The molecule has 57 valence electrons. The number of ether oxygens (including phenoxy) is 1. The molecule has 0 bridgehead atoms. The van der Waals surface area contributed by atoms with Crippen LogP contribution in [0.5, 0.6) is 5.75 Å². The lowest BCUT2D eigenvalue weighted by molar-refractivity contribution is 0.414.